The lowest BCUT2D eigenvalue weighted by atomic mass is 9.89. The molecule has 0 saturated heterocycles. The Morgan fingerprint density at radius 1 is 1.65 bits per heavy atom. The zero-order valence-electron chi connectivity index (χ0n) is 9.91. The first-order chi connectivity index (χ1) is 8.15. The van der Waals surface area contributed by atoms with Crippen molar-refractivity contribution in [1.82, 2.24) is 10.5 Å². The lowest BCUT2D eigenvalue weighted by molar-refractivity contribution is 0.0935. The highest BCUT2D eigenvalue weighted by atomic mass is 79.9. The van der Waals surface area contributed by atoms with Crippen LogP contribution in [0.3, 0.4) is 0 Å². The van der Waals surface area contributed by atoms with Crippen LogP contribution in [0.5, 0.6) is 0 Å². The summed E-state index contributed by atoms with van der Waals surface area (Å²) >= 11 is 3.64. The molecule has 1 aliphatic carbocycles. The summed E-state index contributed by atoms with van der Waals surface area (Å²) < 4.78 is 4.88. The second kappa shape index (κ2) is 5.67. The van der Waals surface area contributed by atoms with Crippen LogP contribution >= 0.6 is 15.9 Å². The standard InChI is InChI=1S/C12H17BrN2O2/c1-8-5-11(15-17-8)12(16)14-7-9-3-2-4-10(13)6-9/h5,9-10H,2-4,6-7H2,1H3,(H,14,16). The van der Waals surface area contributed by atoms with Gasteiger partial charge in [0.15, 0.2) is 5.69 Å². The number of hydrogen-bond acceptors (Lipinski definition) is 3. The third-order valence-electron chi connectivity index (χ3n) is 3.13. The number of carbonyl (C=O) groups is 1. The maximum absolute atomic E-state index is 11.7. The Labute approximate surface area is 109 Å². The first-order valence-corrected chi connectivity index (χ1v) is 6.92. The third-order valence-corrected chi connectivity index (χ3v) is 3.96. The molecule has 0 aromatic carbocycles. The molecule has 2 atom stereocenters. The Bertz CT molecular complexity index is 392. The van der Waals surface area contributed by atoms with Crippen molar-refractivity contribution in [3.8, 4) is 0 Å². The van der Waals surface area contributed by atoms with Gasteiger partial charge < -0.3 is 9.84 Å². The SMILES string of the molecule is Cc1cc(C(=O)NCC2CCCC(Br)C2)no1. The van der Waals surface area contributed by atoms with Crippen LogP contribution < -0.4 is 5.32 Å². The van der Waals surface area contributed by atoms with E-state index in [1.807, 2.05) is 0 Å². The fourth-order valence-electron chi connectivity index (χ4n) is 2.21. The number of alkyl halides is 1. The Hall–Kier alpha value is -0.840. The minimum Gasteiger partial charge on any atom is -0.361 e. The van der Waals surface area contributed by atoms with Crippen LogP contribution in [0.15, 0.2) is 10.6 Å². The number of nitrogens with zero attached hydrogens (tertiary/aromatic N) is 1. The molecule has 94 valence electrons. The second-order valence-electron chi connectivity index (χ2n) is 4.66. The monoisotopic (exact) mass is 300 g/mol. The molecule has 1 saturated carbocycles. The molecule has 1 aromatic heterocycles. The van der Waals surface area contributed by atoms with E-state index in [2.05, 4.69) is 26.4 Å². The van der Waals surface area contributed by atoms with Crippen LogP contribution in [-0.4, -0.2) is 22.4 Å². The van der Waals surface area contributed by atoms with Gasteiger partial charge in [0.05, 0.1) is 0 Å². The molecule has 1 aliphatic rings. The van der Waals surface area contributed by atoms with Crippen molar-refractivity contribution in [2.45, 2.75) is 37.4 Å². The van der Waals surface area contributed by atoms with Crippen LogP contribution in [-0.2, 0) is 0 Å². The molecule has 1 heterocycles. The highest BCUT2D eigenvalue weighted by Crippen LogP contribution is 2.28. The molecule has 1 aromatic rings. The van der Waals surface area contributed by atoms with Gasteiger partial charge in [-0.3, -0.25) is 4.79 Å². The van der Waals surface area contributed by atoms with Crippen molar-refractivity contribution in [3.63, 3.8) is 0 Å². The van der Waals surface area contributed by atoms with Crippen molar-refractivity contribution < 1.29 is 9.32 Å². The predicted octanol–water partition coefficient (Wildman–Crippen LogP) is 2.67. The number of carbonyl (C=O) groups excluding carboxylic acids is 1. The van der Waals surface area contributed by atoms with Gasteiger partial charge in [0.25, 0.3) is 5.91 Å². The maximum atomic E-state index is 11.7. The van der Waals surface area contributed by atoms with E-state index in [9.17, 15) is 4.79 Å². The van der Waals surface area contributed by atoms with Gasteiger partial charge in [0.2, 0.25) is 0 Å². The summed E-state index contributed by atoms with van der Waals surface area (Å²) in [6.07, 6.45) is 4.81. The minimum atomic E-state index is -0.140. The normalized spacial score (nSPS) is 24.6. The summed E-state index contributed by atoms with van der Waals surface area (Å²) in [5.74, 6) is 1.09. The summed E-state index contributed by atoms with van der Waals surface area (Å²) in [6.45, 7) is 2.51. The van der Waals surface area contributed by atoms with E-state index in [-0.39, 0.29) is 5.91 Å². The topological polar surface area (TPSA) is 55.1 Å². The first kappa shape index (κ1) is 12.6. The molecule has 4 nitrogen and oxygen atoms in total. The largest absolute Gasteiger partial charge is 0.361 e. The molecule has 1 N–H and O–H groups in total. The number of amides is 1. The predicted molar refractivity (Wildman–Crippen MR) is 68.2 cm³/mol. The number of aromatic nitrogens is 1. The van der Waals surface area contributed by atoms with Gasteiger partial charge in [0, 0.05) is 17.4 Å². The van der Waals surface area contributed by atoms with Crippen molar-refractivity contribution >= 4 is 21.8 Å². The van der Waals surface area contributed by atoms with Gasteiger partial charge >= 0.3 is 0 Å². The molecular weight excluding hydrogens is 284 g/mol. The van der Waals surface area contributed by atoms with Crippen molar-refractivity contribution in [2.75, 3.05) is 6.54 Å². The Morgan fingerprint density at radius 2 is 2.47 bits per heavy atom. The average molecular weight is 301 g/mol. The molecule has 2 unspecified atom stereocenters. The van der Waals surface area contributed by atoms with E-state index in [0.29, 0.717) is 22.2 Å². The van der Waals surface area contributed by atoms with E-state index in [1.54, 1.807) is 13.0 Å². The van der Waals surface area contributed by atoms with Crippen LogP contribution in [0.1, 0.15) is 41.9 Å². The van der Waals surface area contributed by atoms with Crippen molar-refractivity contribution in [3.05, 3.63) is 17.5 Å². The van der Waals surface area contributed by atoms with Crippen LogP contribution in [0.4, 0.5) is 0 Å². The second-order valence-corrected chi connectivity index (χ2v) is 5.96. The number of rotatable bonds is 3. The summed E-state index contributed by atoms with van der Waals surface area (Å²) in [5.41, 5.74) is 0.369. The molecule has 1 amide bonds. The van der Waals surface area contributed by atoms with Gasteiger partial charge in [0.1, 0.15) is 5.76 Å². The molecule has 1 fully saturated rings. The van der Waals surface area contributed by atoms with E-state index in [0.717, 1.165) is 13.0 Å². The minimum absolute atomic E-state index is 0.140. The van der Waals surface area contributed by atoms with Gasteiger partial charge in [-0.2, -0.15) is 0 Å². The molecule has 2 rings (SSSR count). The molecule has 0 spiro atoms. The van der Waals surface area contributed by atoms with E-state index < -0.39 is 0 Å². The number of aryl methyl sites for hydroxylation is 1. The van der Waals surface area contributed by atoms with Crippen LogP contribution in [0, 0.1) is 12.8 Å². The average Bonchev–Trinajstić information content (AvgIpc) is 2.73. The fourth-order valence-corrected chi connectivity index (χ4v) is 3.06. The molecule has 0 bridgehead atoms. The number of halogens is 1. The van der Waals surface area contributed by atoms with Gasteiger partial charge in [-0.1, -0.05) is 27.5 Å². The summed E-state index contributed by atoms with van der Waals surface area (Å²) in [5, 5.41) is 6.62. The van der Waals surface area contributed by atoms with Gasteiger partial charge in [-0.15, -0.1) is 0 Å². The van der Waals surface area contributed by atoms with E-state index >= 15 is 0 Å². The fraction of sp³-hybridized carbons (Fsp3) is 0.667. The van der Waals surface area contributed by atoms with Gasteiger partial charge in [-0.05, 0) is 32.1 Å². The van der Waals surface area contributed by atoms with Crippen LogP contribution in [0.2, 0.25) is 0 Å². The van der Waals surface area contributed by atoms with Crippen molar-refractivity contribution in [1.29, 1.82) is 0 Å². The number of hydrogen-bond donors (Lipinski definition) is 1. The smallest absolute Gasteiger partial charge is 0.273 e. The van der Waals surface area contributed by atoms with Crippen LogP contribution in [0.25, 0.3) is 0 Å². The summed E-state index contributed by atoms with van der Waals surface area (Å²) in [4.78, 5) is 12.3. The third kappa shape index (κ3) is 3.56. The molecule has 0 aliphatic heterocycles. The van der Waals surface area contributed by atoms with E-state index in [1.165, 1.54) is 19.3 Å². The summed E-state index contributed by atoms with van der Waals surface area (Å²) in [7, 11) is 0. The van der Waals surface area contributed by atoms with Gasteiger partial charge in [-0.25, -0.2) is 0 Å². The first-order valence-electron chi connectivity index (χ1n) is 6.00. The maximum Gasteiger partial charge on any atom is 0.273 e. The highest BCUT2D eigenvalue weighted by Gasteiger charge is 2.21. The lowest BCUT2D eigenvalue weighted by Gasteiger charge is -2.25. The summed E-state index contributed by atoms with van der Waals surface area (Å²) in [6, 6.07) is 1.66. The highest BCUT2D eigenvalue weighted by molar-refractivity contribution is 9.09. The Kier molecular flexibility index (Phi) is 4.20. The molecular formula is C12H17BrN2O2. The zero-order chi connectivity index (χ0) is 12.3. The molecule has 17 heavy (non-hydrogen) atoms. The quantitative estimate of drug-likeness (QED) is 0.873. The molecule has 0 radical (unpaired) electrons. The Balaban J connectivity index is 1.80. The van der Waals surface area contributed by atoms with E-state index in [4.69, 9.17) is 4.52 Å². The number of nitrogens with one attached hydrogen (secondary N) is 1. The van der Waals surface area contributed by atoms with Crippen molar-refractivity contribution in [2.24, 2.45) is 5.92 Å². The zero-order valence-corrected chi connectivity index (χ0v) is 11.5. The Morgan fingerprint density at radius 3 is 3.12 bits per heavy atom. The lowest BCUT2D eigenvalue weighted by Crippen LogP contribution is -2.32. The molecule has 5 heteroatoms.